The summed E-state index contributed by atoms with van der Waals surface area (Å²) in [5.74, 6) is -0.306. The Morgan fingerprint density at radius 3 is 2.52 bits per heavy atom. The number of carbonyl (C=O) groups excluding carboxylic acids is 3. The van der Waals surface area contributed by atoms with E-state index in [1.165, 1.54) is 7.11 Å². The van der Waals surface area contributed by atoms with E-state index in [1.807, 2.05) is 31.2 Å². The van der Waals surface area contributed by atoms with Crippen LogP contribution in [0.2, 0.25) is 0 Å². The predicted octanol–water partition coefficient (Wildman–Crippen LogP) is 1.96. The average molecular weight is 395 g/mol. The van der Waals surface area contributed by atoms with Crippen LogP contribution < -0.4 is 20.5 Å². The zero-order valence-electron chi connectivity index (χ0n) is 16.1. The molecule has 0 unspecified atom stereocenters. The highest BCUT2D eigenvalue weighted by molar-refractivity contribution is 6.13. The molecular weight excluding hydrogens is 374 g/mol. The molecule has 0 radical (unpaired) electrons. The first-order valence-electron chi connectivity index (χ1n) is 8.86. The largest absolute Gasteiger partial charge is 0.493 e. The monoisotopic (exact) mass is 395 g/mol. The molecule has 0 bridgehead atoms. The molecule has 0 aliphatic carbocycles. The Morgan fingerprint density at radius 2 is 1.86 bits per heavy atom. The van der Waals surface area contributed by atoms with E-state index in [2.05, 4.69) is 5.32 Å². The minimum atomic E-state index is -0.605. The summed E-state index contributed by atoms with van der Waals surface area (Å²) < 4.78 is 10.5. The molecule has 2 aromatic carbocycles. The molecule has 0 atom stereocenters. The maximum atomic E-state index is 12.7. The molecule has 1 saturated heterocycles. The maximum Gasteiger partial charge on any atom is 0.329 e. The first-order valence-corrected chi connectivity index (χ1v) is 8.86. The smallest absolute Gasteiger partial charge is 0.329 e. The van der Waals surface area contributed by atoms with Crippen LogP contribution in [-0.4, -0.2) is 36.5 Å². The number of hydrogen-bond donors (Lipinski definition) is 2. The minimum absolute atomic E-state index is 0.162. The van der Waals surface area contributed by atoms with E-state index in [-0.39, 0.29) is 18.8 Å². The van der Waals surface area contributed by atoms with Crippen molar-refractivity contribution in [2.45, 2.75) is 13.5 Å². The Morgan fingerprint density at radius 1 is 1.14 bits per heavy atom. The Bertz CT molecular complexity index is 982. The summed E-state index contributed by atoms with van der Waals surface area (Å²) in [7, 11) is 1.45. The van der Waals surface area contributed by atoms with Gasteiger partial charge in [-0.15, -0.1) is 0 Å². The van der Waals surface area contributed by atoms with Crippen molar-refractivity contribution in [2.24, 2.45) is 5.73 Å². The fourth-order valence-corrected chi connectivity index (χ4v) is 2.80. The van der Waals surface area contributed by atoms with Crippen LogP contribution in [0.3, 0.4) is 0 Å². The second kappa shape index (κ2) is 8.47. The Labute approximate surface area is 167 Å². The molecule has 1 heterocycles. The lowest BCUT2D eigenvalue weighted by Crippen LogP contribution is -2.30. The van der Waals surface area contributed by atoms with E-state index in [0.717, 1.165) is 16.0 Å². The summed E-state index contributed by atoms with van der Waals surface area (Å²) in [5.41, 5.74) is 7.82. The number of hydrogen-bond acceptors (Lipinski definition) is 5. The van der Waals surface area contributed by atoms with Crippen LogP contribution in [0.4, 0.5) is 4.79 Å². The number of methoxy groups -OCH3 is 1. The Hall–Kier alpha value is -3.81. The van der Waals surface area contributed by atoms with Gasteiger partial charge in [-0.1, -0.05) is 35.9 Å². The van der Waals surface area contributed by atoms with Gasteiger partial charge >= 0.3 is 6.03 Å². The summed E-state index contributed by atoms with van der Waals surface area (Å²) in [6.45, 7) is 1.88. The van der Waals surface area contributed by atoms with Crippen molar-refractivity contribution in [1.29, 1.82) is 0 Å². The Balaban J connectivity index is 1.78. The minimum Gasteiger partial charge on any atom is -0.493 e. The molecule has 0 spiro atoms. The summed E-state index contributed by atoms with van der Waals surface area (Å²) in [6.07, 6.45) is 1.55. The topological polar surface area (TPSA) is 111 Å². The van der Waals surface area contributed by atoms with Crippen LogP contribution in [0, 0.1) is 6.92 Å². The summed E-state index contributed by atoms with van der Waals surface area (Å²) >= 11 is 0. The second-order valence-corrected chi connectivity index (χ2v) is 6.53. The fourth-order valence-electron chi connectivity index (χ4n) is 2.80. The number of nitrogens with two attached hydrogens (primary N) is 1. The predicted molar refractivity (Wildman–Crippen MR) is 106 cm³/mol. The zero-order valence-corrected chi connectivity index (χ0v) is 16.1. The highest BCUT2D eigenvalue weighted by Crippen LogP contribution is 2.29. The molecule has 0 aromatic heterocycles. The number of aryl methyl sites for hydroxylation is 1. The van der Waals surface area contributed by atoms with Gasteiger partial charge in [0.25, 0.3) is 11.8 Å². The van der Waals surface area contributed by atoms with E-state index in [4.69, 9.17) is 15.2 Å². The molecule has 1 fully saturated rings. The van der Waals surface area contributed by atoms with Crippen molar-refractivity contribution >= 4 is 23.9 Å². The molecule has 4 amide bonds. The Kier molecular flexibility index (Phi) is 5.82. The third-order valence-corrected chi connectivity index (χ3v) is 4.29. The van der Waals surface area contributed by atoms with Gasteiger partial charge in [-0.05, 0) is 36.3 Å². The number of benzene rings is 2. The number of carbonyl (C=O) groups is 3. The molecule has 0 saturated carbocycles. The number of amides is 4. The van der Waals surface area contributed by atoms with Gasteiger partial charge in [-0.2, -0.15) is 0 Å². The first-order chi connectivity index (χ1) is 13.9. The third kappa shape index (κ3) is 4.73. The van der Waals surface area contributed by atoms with Crippen LogP contribution >= 0.6 is 0 Å². The third-order valence-electron chi connectivity index (χ3n) is 4.29. The van der Waals surface area contributed by atoms with Gasteiger partial charge in [-0.25, -0.2) is 4.79 Å². The number of nitrogens with zero attached hydrogens (tertiary/aromatic N) is 1. The molecular formula is C21H21N3O5. The van der Waals surface area contributed by atoms with Crippen LogP contribution in [-0.2, 0) is 16.1 Å². The first kappa shape index (κ1) is 19.9. The summed E-state index contributed by atoms with van der Waals surface area (Å²) in [4.78, 5) is 36.9. The molecule has 3 N–H and O–H groups in total. The molecule has 8 heteroatoms. The van der Waals surface area contributed by atoms with Crippen molar-refractivity contribution in [2.75, 3.05) is 13.7 Å². The van der Waals surface area contributed by atoms with E-state index in [0.29, 0.717) is 17.1 Å². The van der Waals surface area contributed by atoms with Gasteiger partial charge in [0, 0.05) is 0 Å². The standard InChI is InChI=1S/C21H21N3O5/c1-13-3-5-14(6-4-13)11-24-20(26)16(23-21(24)27)9-15-7-8-17(18(10-15)28-2)29-12-19(22)25/h3-10H,11-12H2,1-2H3,(H2,22,25)(H,23,27)/b16-9+. The van der Waals surface area contributed by atoms with Gasteiger partial charge in [0.1, 0.15) is 5.70 Å². The lowest BCUT2D eigenvalue weighted by atomic mass is 10.1. The number of primary amides is 1. The number of imide groups is 1. The zero-order chi connectivity index (χ0) is 21.0. The quantitative estimate of drug-likeness (QED) is 0.550. The number of rotatable bonds is 7. The van der Waals surface area contributed by atoms with Crippen molar-refractivity contribution in [3.8, 4) is 11.5 Å². The molecule has 150 valence electrons. The highest BCUT2D eigenvalue weighted by Gasteiger charge is 2.33. The molecule has 29 heavy (non-hydrogen) atoms. The van der Waals surface area contributed by atoms with Crippen molar-refractivity contribution in [3.05, 3.63) is 64.9 Å². The second-order valence-electron chi connectivity index (χ2n) is 6.53. The fraction of sp³-hybridized carbons (Fsp3) is 0.190. The SMILES string of the molecule is COc1cc(/C=C2/NC(=O)N(Cc3ccc(C)cc3)C2=O)ccc1OCC(N)=O. The van der Waals surface area contributed by atoms with E-state index >= 15 is 0 Å². The lowest BCUT2D eigenvalue weighted by molar-refractivity contribution is -0.123. The number of nitrogens with one attached hydrogen (secondary N) is 1. The maximum absolute atomic E-state index is 12.7. The molecule has 3 rings (SSSR count). The summed E-state index contributed by atoms with van der Waals surface area (Å²) in [5, 5.41) is 2.59. The van der Waals surface area contributed by atoms with Gasteiger partial charge in [0.15, 0.2) is 18.1 Å². The van der Waals surface area contributed by atoms with Gasteiger partial charge in [0.2, 0.25) is 0 Å². The molecule has 2 aromatic rings. The molecule has 1 aliphatic heterocycles. The highest BCUT2D eigenvalue weighted by atomic mass is 16.5. The van der Waals surface area contributed by atoms with Crippen LogP contribution in [0.25, 0.3) is 6.08 Å². The van der Waals surface area contributed by atoms with E-state index < -0.39 is 17.8 Å². The van der Waals surface area contributed by atoms with Gasteiger partial charge in [-0.3, -0.25) is 14.5 Å². The van der Waals surface area contributed by atoms with Crippen LogP contribution in [0.5, 0.6) is 11.5 Å². The molecule has 1 aliphatic rings. The van der Waals surface area contributed by atoms with Crippen molar-refractivity contribution < 1.29 is 23.9 Å². The number of urea groups is 1. The van der Waals surface area contributed by atoms with E-state index in [1.54, 1.807) is 24.3 Å². The van der Waals surface area contributed by atoms with Crippen LogP contribution in [0.1, 0.15) is 16.7 Å². The van der Waals surface area contributed by atoms with Crippen molar-refractivity contribution in [3.63, 3.8) is 0 Å². The normalized spacial score (nSPS) is 14.8. The van der Waals surface area contributed by atoms with Gasteiger partial charge < -0.3 is 20.5 Å². The van der Waals surface area contributed by atoms with Gasteiger partial charge in [0.05, 0.1) is 13.7 Å². The number of ether oxygens (including phenoxy) is 2. The van der Waals surface area contributed by atoms with Crippen molar-refractivity contribution in [1.82, 2.24) is 10.2 Å². The average Bonchev–Trinajstić information content (AvgIpc) is 2.95. The van der Waals surface area contributed by atoms with Crippen LogP contribution in [0.15, 0.2) is 48.2 Å². The molecule has 8 nitrogen and oxygen atoms in total. The summed E-state index contributed by atoms with van der Waals surface area (Å²) in [6, 6.07) is 12.0. The lowest BCUT2D eigenvalue weighted by Gasteiger charge is -2.12. The van der Waals surface area contributed by atoms with E-state index in [9.17, 15) is 14.4 Å².